The molecule has 2 aromatic carbocycles. The zero-order valence-electron chi connectivity index (χ0n) is 22.0. The number of nitrogens with zero attached hydrogens (tertiary/aromatic N) is 5. The Labute approximate surface area is 224 Å². The third kappa shape index (κ3) is 5.68. The van der Waals surface area contributed by atoms with Gasteiger partial charge >= 0.3 is 12.2 Å². The minimum atomic E-state index is -4.53. The summed E-state index contributed by atoms with van der Waals surface area (Å²) in [7, 11) is 5.83. The van der Waals surface area contributed by atoms with Crippen molar-refractivity contribution in [1.29, 1.82) is 0 Å². The van der Waals surface area contributed by atoms with Crippen molar-refractivity contribution < 1.29 is 18.0 Å². The van der Waals surface area contributed by atoms with Crippen molar-refractivity contribution in [3.05, 3.63) is 66.6 Å². The van der Waals surface area contributed by atoms with Crippen LogP contribution in [0.2, 0.25) is 0 Å². The molecule has 11 heteroatoms. The number of aryl methyl sites for hydroxylation is 1. The predicted molar refractivity (Wildman–Crippen MR) is 147 cm³/mol. The fraction of sp³-hybridized carbons (Fsp3) is 0.321. The summed E-state index contributed by atoms with van der Waals surface area (Å²) in [5.41, 5.74) is 3.07. The maximum absolute atomic E-state index is 13.5. The number of rotatable bonds is 5. The molecule has 2 N–H and O–H groups in total. The summed E-state index contributed by atoms with van der Waals surface area (Å²) in [4.78, 5) is 21.4. The van der Waals surface area contributed by atoms with Gasteiger partial charge in [0.25, 0.3) is 0 Å². The first-order chi connectivity index (χ1) is 18.6. The normalized spacial score (nSPS) is 16.1. The Bertz CT molecular complexity index is 1480. The van der Waals surface area contributed by atoms with Crippen molar-refractivity contribution in [3.63, 3.8) is 0 Å². The molecular weight excluding hydrogens is 507 g/mol. The number of alkyl halides is 3. The van der Waals surface area contributed by atoms with Crippen molar-refractivity contribution in [2.75, 3.05) is 42.7 Å². The number of fused-ring (bicyclic) bond motifs is 1. The van der Waals surface area contributed by atoms with Gasteiger partial charge in [-0.3, -0.25) is 9.67 Å². The van der Waals surface area contributed by atoms with Crippen molar-refractivity contribution in [1.82, 2.24) is 19.7 Å². The molecule has 1 aliphatic heterocycles. The summed E-state index contributed by atoms with van der Waals surface area (Å²) >= 11 is 0. The predicted octanol–water partition coefficient (Wildman–Crippen LogP) is 5.83. The quantitative estimate of drug-likeness (QED) is 0.335. The lowest BCUT2D eigenvalue weighted by Crippen LogP contribution is -2.45. The zero-order chi connectivity index (χ0) is 27.7. The van der Waals surface area contributed by atoms with E-state index in [0.29, 0.717) is 24.5 Å². The van der Waals surface area contributed by atoms with Crippen LogP contribution >= 0.6 is 0 Å². The van der Waals surface area contributed by atoms with Crippen LogP contribution in [-0.4, -0.2) is 58.9 Å². The first kappa shape index (κ1) is 26.5. The van der Waals surface area contributed by atoms with Crippen LogP contribution in [0, 0.1) is 0 Å². The Hall–Kier alpha value is -4.12. The fourth-order valence-electron chi connectivity index (χ4n) is 4.99. The summed E-state index contributed by atoms with van der Waals surface area (Å²) < 4.78 is 42.3. The van der Waals surface area contributed by atoms with Gasteiger partial charge in [0.2, 0.25) is 0 Å². The maximum atomic E-state index is 13.5. The number of amides is 2. The fourth-order valence-corrected chi connectivity index (χ4v) is 4.99. The van der Waals surface area contributed by atoms with Crippen molar-refractivity contribution >= 4 is 34.0 Å². The van der Waals surface area contributed by atoms with Crippen LogP contribution in [-0.2, 0) is 13.2 Å². The van der Waals surface area contributed by atoms with Gasteiger partial charge in [-0.1, -0.05) is 12.1 Å². The zero-order valence-corrected chi connectivity index (χ0v) is 22.0. The van der Waals surface area contributed by atoms with E-state index >= 15 is 0 Å². The van der Waals surface area contributed by atoms with Gasteiger partial charge in [0.1, 0.15) is 0 Å². The molecule has 4 aromatic rings. The topological polar surface area (TPSA) is 78.3 Å². The molecule has 39 heavy (non-hydrogen) atoms. The SMILES string of the molecule is CN(C)C1CCCN(c2ccc(C(F)(F)F)cc2NC(=O)Nc2ccc(-c3cncc4c3cnn4C)cc2)C1. The molecule has 5 rings (SSSR count). The third-order valence-electron chi connectivity index (χ3n) is 7.17. The van der Waals surface area contributed by atoms with Gasteiger partial charge in [-0.25, -0.2) is 4.79 Å². The molecule has 0 aliphatic carbocycles. The number of likely N-dealkylation sites (N-methyl/N-ethyl adjacent to an activating group) is 1. The second-order valence-corrected chi connectivity index (χ2v) is 9.98. The van der Waals surface area contributed by atoms with Crippen molar-refractivity contribution in [2.24, 2.45) is 7.05 Å². The highest BCUT2D eigenvalue weighted by molar-refractivity contribution is 6.02. The molecule has 1 unspecified atom stereocenters. The summed E-state index contributed by atoms with van der Waals surface area (Å²) in [6, 6.07) is 10.3. The molecule has 1 fully saturated rings. The molecule has 0 radical (unpaired) electrons. The average molecular weight is 538 g/mol. The van der Waals surface area contributed by atoms with E-state index in [2.05, 4.69) is 25.6 Å². The summed E-state index contributed by atoms with van der Waals surface area (Å²) in [5.74, 6) is 0. The van der Waals surface area contributed by atoms with E-state index < -0.39 is 17.8 Å². The van der Waals surface area contributed by atoms with E-state index in [1.165, 1.54) is 6.07 Å². The molecule has 0 bridgehead atoms. The van der Waals surface area contributed by atoms with Gasteiger partial charge in [-0.05, 0) is 62.8 Å². The second kappa shape index (κ2) is 10.6. The number of hydrogen-bond acceptors (Lipinski definition) is 5. The Balaban J connectivity index is 1.35. The van der Waals surface area contributed by atoms with Crippen molar-refractivity contribution in [2.45, 2.75) is 25.1 Å². The molecule has 1 saturated heterocycles. The highest BCUT2D eigenvalue weighted by atomic mass is 19.4. The molecular formula is C28H30F3N7O. The molecule has 8 nitrogen and oxygen atoms in total. The van der Waals surface area contributed by atoms with E-state index in [4.69, 9.17) is 0 Å². The highest BCUT2D eigenvalue weighted by Gasteiger charge is 2.32. The summed E-state index contributed by atoms with van der Waals surface area (Å²) in [6.45, 7) is 1.36. The number of nitrogens with one attached hydrogen (secondary N) is 2. The van der Waals surface area contributed by atoms with Crippen LogP contribution in [0.4, 0.5) is 35.0 Å². The number of benzene rings is 2. The van der Waals surface area contributed by atoms with E-state index in [1.54, 1.807) is 35.4 Å². The summed E-state index contributed by atoms with van der Waals surface area (Å²) in [5, 5.41) is 10.6. The number of carbonyl (C=O) groups excluding carboxylic acids is 1. The Morgan fingerprint density at radius 1 is 1.05 bits per heavy atom. The average Bonchev–Trinajstić information content (AvgIpc) is 3.29. The Morgan fingerprint density at radius 2 is 1.82 bits per heavy atom. The number of anilines is 3. The van der Waals surface area contributed by atoms with Crippen LogP contribution in [0.5, 0.6) is 0 Å². The van der Waals surface area contributed by atoms with Crippen molar-refractivity contribution in [3.8, 4) is 11.1 Å². The van der Waals surface area contributed by atoms with Gasteiger partial charge in [-0.15, -0.1) is 0 Å². The Kier molecular flexibility index (Phi) is 7.17. The Morgan fingerprint density at radius 3 is 2.54 bits per heavy atom. The first-order valence-corrected chi connectivity index (χ1v) is 12.7. The first-order valence-electron chi connectivity index (χ1n) is 12.7. The standard InChI is InChI=1S/C28H30F3N7O/c1-36(2)21-5-4-12-38(17-21)25-11-8-19(28(29,30)31)13-24(25)35-27(39)34-20-9-6-18(7-10-20)22-14-32-16-26-23(22)15-33-37(26)3/h6-11,13-16,21H,4-5,12,17H2,1-3H3,(H2,34,35,39). The van der Waals surface area contributed by atoms with Gasteiger partial charge in [0.05, 0.1) is 34.8 Å². The van der Waals surface area contributed by atoms with Crippen LogP contribution < -0.4 is 15.5 Å². The number of urea groups is 1. The number of hydrogen-bond donors (Lipinski definition) is 2. The lowest BCUT2D eigenvalue weighted by Gasteiger charge is -2.38. The number of pyridine rings is 1. The molecule has 204 valence electrons. The van der Waals surface area contributed by atoms with Crippen LogP contribution in [0.3, 0.4) is 0 Å². The van der Waals surface area contributed by atoms with E-state index in [1.807, 2.05) is 38.2 Å². The molecule has 0 saturated carbocycles. The number of piperidine rings is 1. The van der Waals surface area contributed by atoms with Gasteiger partial charge < -0.3 is 20.4 Å². The lowest BCUT2D eigenvalue weighted by molar-refractivity contribution is -0.137. The minimum Gasteiger partial charge on any atom is -0.368 e. The molecule has 1 aliphatic rings. The largest absolute Gasteiger partial charge is 0.416 e. The van der Waals surface area contributed by atoms with Gasteiger partial charge in [0, 0.05) is 49.0 Å². The molecule has 1 atom stereocenters. The molecule has 2 aromatic heterocycles. The maximum Gasteiger partial charge on any atom is 0.416 e. The van der Waals surface area contributed by atoms with E-state index in [-0.39, 0.29) is 11.7 Å². The smallest absolute Gasteiger partial charge is 0.368 e. The number of aromatic nitrogens is 3. The highest BCUT2D eigenvalue weighted by Crippen LogP contribution is 2.37. The second-order valence-electron chi connectivity index (χ2n) is 9.98. The molecule has 0 spiro atoms. The lowest BCUT2D eigenvalue weighted by atomic mass is 10.0. The van der Waals surface area contributed by atoms with Gasteiger partial charge in [0.15, 0.2) is 0 Å². The van der Waals surface area contributed by atoms with Crippen LogP contribution in [0.25, 0.3) is 22.0 Å². The molecule has 2 amide bonds. The van der Waals surface area contributed by atoms with Crippen LogP contribution in [0.1, 0.15) is 18.4 Å². The third-order valence-corrected chi connectivity index (χ3v) is 7.17. The number of carbonyl (C=O) groups is 1. The number of halogens is 3. The van der Waals surface area contributed by atoms with E-state index in [0.717, 1.165) is 47.0 Å². The monoisotopic (exact) mass is 537 g/mol. The van der Waals surface area contributed by atoms with Crippen LogP contribution in [0.15, 0.2) is 61.1 Å². The van der Waals surface area contributed by atoms with E-state index in [9.17, 15) is 18.0 Å². The summed E-state index contributed by atoms with van der Waals surface area (Å²) in [6.07, 6.45) is 2.68. The van der Waals surface area contributed by atoms with Gasteiger partial charge in [-0.2, -0.15) is 18.3 Å². The molecule has 3 heterocycles. The minimum absolute atomic E-state index is 0.118.